The Morgan fingerprint density at radius 2 is 2.18 bits per heavy atom. The molecule has 2 unspecified atom stereocenters. The highest BCUT2D eigenvalue weighted by atomic mass is 16.3. The van der Waals surface area contributed by atoms with E-state index >= 15 is 0 Å². The summed E-state index contributed by atoms with van der Waals surface area (Å²) in [6.07, 6.45) is 4.75. The number of rotatable bonds is 3. The number of likely N-dealkylation sites (tertiary alicyclic amines) is 1. The molecule has 1 saturated heterocycles. The molecule has 2 aliphatic rings. The van der Waals surface area contributed by atoms with Gasteiger partial charge in [-0.1, -0.05) is 13.8 Å². The van der Waals surface area contributed by atoms with Crippen LogP contribution in [0, 0.1) is 18.3 Å². The number of aryl methyl sites for hydroxylation is 1. The van der Waals surface area contributed by atoms with Crippen molar-refractivity contribution in [3.05, 3.63) is 23.5 Å². The first kappa shape index (κ1) is 15.6. The number of H-pyrrole nitrogens is 1. The molecule has 3 rings (SSSR count). The first-order chi connectivity index (χ1) is 10.3. The topological polar surface area (TPSA) is 68.4 Å². The average Bonchev–Trinajstić information content (AvgIpc) is 2.94. The van der Waals surface area contributed by atoms with Crippen LogP contribution in [0.15, 0.2) is 12.4 Å². The molecule has 5 nitrogen and oxygen atoms in total. The van der Waals surface area contributed by atoms with Crippen LogP contribution in [0.3, 0.4) is 0 Å². The summed E-state index contributed by atoms with van der Waals surface area (Å²) in [7, 11) is 2.15. The number of nitrogens with one attached hydrogen (secondary N) is 2. The Morgan fingerprint density at radius 1 is 1.45 bits per heavy atom. The standard InChI is InChI=1S/C17H27N3O2/c1-10(2)15-17(9-20(15)4)5-13(14(21)6-17)19-16(22)12-8-18-7-11(12)3/h7-8,10,13-15,18,21H,5-6,9H2,1-4H3,(H,19,22)/t13-,14-,15?,17?/m1/s1. The van der Waals surface area contributed by atoms with Crippen molar-refractivity contribution in [3.8, 4) is 0 Å². The maximum absolute atomic E-state index is 12.4. The summed E-state index contributed by atoms with van der Waals surface area (Å²) in [6.45, 7) is 7.41. The average molecular weight is 305 g/mol. The fourth-order valence-corrected chi connectivity index (χ4v) is 4.93. The fraction of sp³-hybridized carbons (Fsp3) is 0.706. The highest BCUT2D eigenvalue weighted by Crippen LogP contribution is 2.52. The fourth-order valence-electron chi connectivity index (χ4n) is 4.93. The van der Waals surface area contributed by atoms with Crippen LogP contribution in [0.25, 0.3) is 0 Å². The molecule has 2 heterocycles. The highest BCUT2D eigenvalue weighted by molar-refractivity contribution is 5.95. The Hall–Kier alpha value is -1.33. The number of carbonyl (C=O) groups excluding carboxylic acids is 1. The largest absolute Gasteiger partial charge is 0.391 e. The Bertz CT molecular complexity index is 563. The smallest absolute Gasteiger partial charge is 0.253 e. The van der Waals surface area contributed by atoms with Gasteiger partial charge in [0.15, 0.2) is 0 Å². The predicted octanol–water partition coefficient (Wildman–Crippen LogP) is 1.53. The van der Waals surface area contributed by atoms with Crippen LogP contribution in [-0.2, 0) is 0 Å². The summed E-state index contributed by atoms with van der Waals surface area (Å²) in [4.78, 5) is 17.7. The van der Waals surface area contributed by atoms with Crippen molar-refractivity contribution in [3.63, 3.8) is 0 Å². The first-order valence-electron chi connectivity index (χ1n) is 8.16. The molecule has 2 fully saturated rings. The van der Waals surface area contributed by atoms with Crippen molar-refractivity contribution in [1.29, 1.82) is 0 Å². The minimum Gasteiger partial charge on any atom is -0.391 e. The summed E-state index contributed by atoms with van der Waals surface area (Å²) in [5.74, 6) is 0.473. The van der Waals surface area contributed by atoms with Gasteiger partial charge in [0.25, 0.3) is 5.91 Å². The number of nitrogens with zero attached hydrogens (tertiary/aromatic N) is 1. The number of aromatic amines is 1. The lowest BCUT2D eigenvalue weighted by Gasteiger charge is -2.57. The number of aromatic nitrogens is 1. The molecule has 0 aromatic carbocycles. The molecule has 1 spiro atoms. The van der Waals surface area contributed by atoms with E-state index in [1.54, 1.807) is 6.20 Å². The number of hydrogen-bond donors (Lipinski definition) is 3. The van der Waals surface area contributed by atoms with Crippen LogP contribution in [0.2, 0.25) is 0 Å². The lowest BCUT2D eigenvalue weighted by Crippen LogP contribution is -2.64. The van der Waals surface area contributed by atoms with Gasteiger partial charge < -0.3 is 20.3 Å². The number of amides is 1. The van der Waals surface area contributed by atoms with Gasteiger partial charge in [-0.3, -0.25) is 4.79 Å². The molecule has 122 valence electrons. The molecule has 1 saturated carbocycles. The molecule has 1 aromatic rings. The molecule has 3 N–H and O–H groups in total. The maximum atomic E-state index is 12.4. The van der Waals surface area contributed by atoms with E-state index in [0.717, 1.165) is 24.9 Å². The Balaban J connectivity index is 1.70. The Kier molecular flexibility index (Phi) is 3.81. The molecular weight excluding hydrogens is 278 g/mol. The Morgan fingerprint density at radius 3 is 2.73 bits per heavy atom. The predicted molar refractivity (Wildman–Crippen MR) is 85.7 cm³/mol. The summed E-state index contributed by atoms with van der Waals surface area (Å²) in [6, 6.07) is 0.356. The zero-order valence-corrected chi connectivity index (χ0v) is 13.9. The molecule has 0 radical (unpaired) electrons. The molecule has 1 aromatic heterocycles. The maximum Gasteiger partial charge on any atom is 0.253 e. The second-order valence-electron chi connectivity index (χ2n) is 7.57. The minimum atomic E-state index is -0.446. The monoisotopic (exact) mass is 305 g/mol. The van der Waals surface area contributed by atoms with Crippen molar-refractivity contribution in [2.75, 3.05) is 13.6 Å². The molecular formula is C17H27N3O2. The summed E-state index contributed by atoms with van der Waals surface area (Å²) in [5, 5.41) is 13.5. The quantitative estimate of drug-likeness (QED) is 0.793. The number of carbonyl (C=O) groups is 1. The van der Waals surface area contributed by atoms with Crippen molar-refractivity contribution in [2.45, 2.75) is 51.8 Å². The van der Waals surface area contributed by atoms with Gasteiger partial charge in [0.1, 0.15) is 0 Å². The van der Waals surface area contributed by atoms with E-state index < -0.39 is 6.10 Å². The van der Waals surface area contributed by atoms with Crippen molar-refractivity contribution in [2.24, 2.45) is 11.3 Å². The van der Waals surface area contributed by atoms with Crippen molar-refractivity contribution in [1.82, 2.24) is 15.2 Å². The molecule has 0 bridgehead atoms. The molecule has 1 aliphatic carbocycles. The van der Waals surface area contributed by atoms with Crippen molar-refractivity contribution >= 4 is 5.91 Å². The molecule has 1 amide bonds. The zero-order valence-electron chi connectivity index (χ0n) is 13.9. The van der Waals surface area contributed by atoms with Gasteiger partial charge in [-0.2, -0.15) is 0 Å². The second-order valence-corrected chi connectivity index (χ2v) is 7.57. The second kappa shape index (κ2) is 5.39. The third-order valence-electron chi connectivity index (χ3n) is 5.52. The van der Waals surface area contributed by atoms with Crippen LogP contribution in [-0.4, -0.2) is 52.7 Å². The van der Waals surface area contributed by atoms with Crippen LogP contribution < -0.4 is 5.32 Å². The van der Waals surface area contributed by atoms with Gasteiger partial charge in [0.05, 0.1) is 17.7 Å². The molecule has 5 heteroatoms. The summed E-state index contributed by atoms with van der Waals surface area (Å²) < 4.78 is 0. The summed E-state index contributed by atoms with van der Waals surface area (Å²) >= 11 is 0. The van der Waals surface area contributed by atoms with Crippen LogP contribution in [0.1, 0.15) is 42.6 Å². The lowest BCUT2D eigenvalue weighted by molar-refractivity contribution is -0.0827. The van der Waals surface area contributed by atoms with E-state index in [2.05, 4.69) is 36.1 Å². The minimum absolute atomic E-state index is 0.0892. The van der Waals surface area contributed by atoms with Gasteiger partial charge in [-0.05, 0) is 38.3 Å². The molecule has 22 heavy (non-hydrogen) atoms. The van der Waals surface area contributed by atoms with Crippen LogP contribution in [0.5, 0.6) is 0 Å². The van der Waals surface area contributed by atoms with Gasteiger partial charge >= 0.3 is 0 Å². The zero-order chi connectivity index (χ0) is 16.1. The number of aliphatic hydroxyl groups excluding tert-OH is 1. The normalized spacial score (nSPS) is 35.1. The van der Waals surface area contributed by atoms with Gasteiger partial charge in [0.2, 0.25) is 0 Å². The molecule has 1 aliphatic heterocycles. The third kappa shape index (κ3) is 2.36. The SMILES string of the molecule is Cc1c[nH]cc1C(=O)N[C@@H]1CC2(C[C@H]1O)CN(C)C2C(C)C. The van der Waals surface area contributed by atoms with E-state index in [9.17, 15) is 9.90 Å². The number of aliphatic hydroxyl groups is 1. The number of hydrogen-bond acceptors (Lipinski definition) is 3. The van der Waals surface area contributed by atoms with E-state index in [0.29, 0.717) is 17.5 Å². The molecule has 4 atom stereocenters. The van der Waals surface area contributed by atoms with Gasteiger partial charge in [0, 0.05) is 30.4 Å². The summed E-state index contributed by atoms with van der Waals surface area (Å²) in [5.41, 5.74) is 1.76. The van der Waals surface area contributed by atoms with Crippen LogP contribution >= 0.6 is 0 Å². The van der Waals surface area contributed by atoms with E-state index in [1.165, 1.54) is 0 Å². The third-order valence-corrected chi connectivity index (χ3v) is 5.52. The lowest BCUT2D eigenvalue weighted by atomic mass is 9.66. The first-order valence-corrected chi connectivity index (χ1v) is 8.16. The van der Waals surface area contributed by atoms with E-state index in [4.69, 9.17) is 0 Å². The van der Waals surface area contributed by atoms with E-state index in [1.807, 2.05) is 13.1 Å². The highest BCUT2D eigenvalue weighted by Gasteiger charge is 2.58. The van der Waals surface area contributed by atoms with Crippen molar-refractivity contribution < 1.29 is 9.90 Å². The van der Waals surface area contributed by atoms with Gasteiger partial charge in [-0.15, -0.1) is 0 Å². The Labute approximate surface area is 132 Å². The van der Waals surface area contributed by atoms with Gasteiger partial charge in [-0.25, -0.2) is 0 Å². The van der Waals surface area contributed by atoms with Crippen LogP contribution in [0.4, 0.5) is 0 Å². The van der Waals surface area contributed by atoms with E-state index in [-0.39, 0.29) is 17.4 Å².